The van der Waals surface area contributed by atoms with Crippen LogP contribution in [0.2, 0.25) is 0 Å². The van der Waals surface area contributed by atoms with E-state index >= 15 is 0 Å². The molecule has 0 spiro atoms. The summed E-state index contributed by atoms with van der Waals surface area (Å²) in [6.07, 6.45) is 2.23. The Morgan fingerprint density at radius 2 is 1.95 bits per heavy atom. The SMILES string of the molecule is NC(CCC1CC1)(c1cccnc1)c1ccc(F)c(NC(=O)c2cc(C(F)(F)F)nn2-c2c[c]ccc2)c1. The number of nitrogens with zero attached hydrogens (tertiary/aromatic N) is 3. The molecular weight excluding hydrogens is 498 g/mol. The first-order valence-electron chi connectivity index (χ1n) is 12.1. The van der Waals surface area contributed by atoms with Gasteiger partial charge in [0.2, 0.25) is 0 Å². The number of benzene rings is 2. The van der Waals surface area contributed by atoms with Gasteiger partial charge in [0, 0.05) is 18.5 Å². The third-order valence-corrected chi connectivity index (χ3v) is 6.72. The summed E-state index contributed by atoms with van der Waals surface area (Å²) >= 11 is 0. The van der Waals surface area contributed by atoms with Gasteiger partial charge in [0.05, 0.1) is 16.9 Å². The lowest BCUT2D eigenvalue weighted by molar-refractivity contribution is -0.141. The first kappa shape index (κ1) is 25.6. The number of carbonyl (C=O) groups is 1. The standard InChI is InChI=1S/C28H24F4N5O/c29-22-11-10-19(27(33,13-12-18-8-9-18)20-5-4-14-34-17-20)15-23(22)35-26(38)24-16-25(28(30,31)32)36-37(24)21-6-2-1-3-7-21/h1-2,4-7,10-11,14-18H,8-9,12-13,33H2,(H,35,38). The number of nitrogens with two attached hydrogens (primary N) is 1. The molecule has 1 radical (unpaired) electrons. The average molecular weight is 523 g/mol. The minimum Gasteiger partial charge on any atom is -0.318 e. The highest BCUT2D eigenvalue weighted by Gasteiger charge is 2.37. The van der Waals surface area contributed by atoms with Crippen molar-refractivity contribution in [3.05, 3.63) is 107 Å². The molecule has 10 heteroatoms. The van der Waals surface area contributed by atoms with Crippen LogP contribution in [0.1, 0.15) is 53.0 Å². The predicted octanol–water partition coefficient (Wildman–Crippen LogP) is 5.87. The first-order valence-corrected chi connectivity index (χ1v) is 12.1. The van der Waals surface area contributed by atoms with Gasteiger partial charge in [-0.15, -0.1) is 0 Å². The largest absolute Gasteiger partial charge is 0.435 e. The third-order valence-electron chi connectivity index (χ3n) is 6.72. The second-order valence-electron chi connectivity index (χ2n) is 9.43. The predicted molar refractivity (Wildman–Crippen MR) is 133 cm³/mol. The third kappa shape index (κ3) is 5.31. The number of anilines is 1. The summed E-state index contributed by atoms with van der Waals surface area (Å²) in [6, 6.07) is 17.1. The van der Waals surface area contributed by atoms with Gasteiger partial charge in [0.25, 0.3) is 5.91 Å². The van der Waals surface area contributed by atoms with E-state index in [9.17, 15) is 22.4 Å². The molecule has 1 aliphatic rings. The van der Waals surface area contributed by atoms with Crippen LogP contribution < -0.4 is 11.1 Å². The van der Waals surface area contributed by atoms with Crippen LogP contribution in [0.25, 0.3) is 5.69 Å². The van der Waals surface area contributed by atoms with Gasteiger partial charge in [-0.1, -0.05) is 37.1 Å². The number of alkyl halides is 3. The van der Waals surface area contributed by atoms with Crippen molar-refractivity contribution < 1.29 is 22.4 Å². The van der Waals surface area contributed by atoms with E-state index in [4.69, 9.17) is 5.73 Å². The summed E-state index contributed by atoms with van der Waals surface area (Å²) in [5.41, 5.74) is 5.50. The highest BCUT2D eigenvalue weighted by atomic mass is 19.4. The number of halogens is 4. The van der Waals surface area contributed by atoms with Crippen molar-refractivity contribution in [3.63, 3.8) is 0 Å². The van der Waals surface area contributed by atoms with Crippen LogP contribution in [0.3, 0.4) is 0 Å². The first-order chi connectivity index (χ1) is 18.1. The Hall–Kier alpha value is -4.05. The van der Waals surface area contributed by atoms with Gasteiger partial charge >= 0.3 is 6.18 Å². The smallest absolute Gasteiger partial charge is 0.318 e. The van der Waals surface area contributed by atoms with Gasteiger partial charge in [-0.05, 0) is 66.3 Å². The van der Waals surface area contributed by atoms with Crippen molar-refractivity contribution in [1.82, 2.24) is 14.8 Å². The lowest BCUT2D eigenvalue weighted by atomic mass is 9.80. The zero-order valence-corrected chi connectivity index (χ0v) is 20.2. The van der Waals surface area contributed by atoms with Crippen molar-refractivity contribution in [3.8, 4) is 5.69 Å². The molecule has 1 aliphatic carbocycles. The van der Waals surface area contributed by atoms with E-state index in [0.717, 1.165) is 29.5 Å². The molecule has 0 bridgehead atoms. The Balaban J connectivity index is 1.50. The minimum atomic E-state index is -4.78. The molecule has 1 saturated carbocycles. The molecule has 3 N–H and O–H groups in total. The van der Waals surface area contributed by atoms with Gasteiger partial charge in [0.1, 0.15) is 11.5 Å². The molecule has 1 atom stereocenters. The fraction of sp³-hybridized carbons (Fsp3) is 0.250. The Bertz CT molecular complexity index is 1430. The molecule has 2 heterocycles. The summed E-state index contributed by atoms with van der Waals surface area (Å²) in [6.45, 7) is 0. The number of carbonyl (C=O) groups excluding carboxylic acids is 1. The topological polar surface area (TPSA) is 85.8 Å². The lowest BCUT2D eigenvalue weighted by Gasteiger charge is -2.31. The number of hydrogen-bond donors (Lipinski definition) is 2. The molecule has 2 aromatic heterocycles. The van der Waals surface area contributed by atoms with Crippen molar-refractivity contribution in [2.24, 2.45) is 11.7 Å². The van der Waals surface area contributed by atoms with Crippen molar-refractivity contribution >= 4 is 11.6 Å². The second kappa shape index (κ2) is 10.0. The lowest BCUT2D eigenvalue weighted by Crippen LogP contribution is -2.38. The van der Waals surface area contributed by atoms with E-state index in [2.05, 4.69) is 21.5 Å². The molecule has 6 nitrogen and oxygen atoms in total. The fourth-order valence-corrected chi connectivity index (χ4v) is 4.40. The molecule has 0 saturated heterocycles. The maximum Gasteiger partial charge on any atom is 0.435 e. The summed E-state index contributed by atoms with van der Waals surface area (Å²) in [5, 5.41) is 5.99. The van der Waals surface area contributed by atoms with Crippen molar-refractivity contribution in [2.45, 2.75) is 37.4 Å². The monoisotopic (exact) mass is 522 g/mol. The van der Waals surface area contributed by atoms with Crippen LogP contribution in [-0.2, 0) is 11.7 Å². The van der Waals surface area contributed by atoms with Crippen LogP contribution in [-0.4, -0.2) is 20.7 Å². The number of hydrogen-bond acceptors (Lipinski definition) is 4. The number of aromatic nitrogens is 3. The van der Waals surface area contributed by atoms with Crippen molar-refractivity contribution in [2.75, 3.05) is 5.32 Å². The number of pyridine rings is 1. The molecule has 0 aliphatic heterocycles. The zero-order valence-electron chi connectivity index (χ0n) is 20.2. The molecule has 5 rings (SSSR count). The maximum absolute atomic E-state index is 14.9. The highest BCUT2D eigenvalue weighted by molar-refractivity contribution is 6.03. The number of amides is 1. The van der Waals surface area contributed by atoms with Crippen LogP contribution >= 0.6 is 0 Å². The molecular formula is C28H24F4N5O. The Morgan fingerprint density at radius 3 is 2.61 bits per heavy atom. The summed E-state index contributed by atoms with van der Waals surface area (Å²) in [4.78, 5) is 17.4. The molecule has 38 heavy (non-hydrogen) atoms. The quantitative estimate of drug-likeness (QED) is 0.284. The average Bonchev–Trinajstić information content (AvgIpc) is 3.63. The van der Waals surface area contributed by atoms with Crippen LogP contribution in [0.5, 0.6) is 0 Å². The van der Waals surface area contributed by atoms with Crippen LogP contribution in [0.4, 0.5) is 23.2 Å². The van der Waals surface area contributed by atoms with Gasteiger partial charge in [0.15, 0.2) is 5.69 Å². The molecule has 4 aromatic rings. The van der Waals surface area contributed by atoms with Crippen LogP contribution in [0, 0.1) is 17.8 Å². The highest BCUT2D eigenvalue weighted by Crippen LogP contribution is 2.40. The second-order valence-corrected chi connectivity index (χ2v) is 9.43. The van der Waals surface area contributed by atoms with E-state index in [0.29, 0.717) is 24.0 Å². The zero-order chi connectivity index (χ0) is 26.9. The number of nitrogens with one attached hydrogen (secondary N) is 1. The van der Waals surface area contributed by atoms with E-state index in [1.807, 2.05) is 6.07 Å². The Morgan fingerprint density at radius 1 is 1.13 bits per heavy atom. The molecule has 195 valence electrons. The molecule has 1 amide bonds. The number of rotatable bonds is 8. The van der Waals surface area contributed by atoms with Gasteiger partial charge in [-0.2, -0.15) is 18.3 Å². The normalized spacial score (nSPS) is 15.2. The molecule has 2 aromatic carbocycles. The van der Waals surface area contributed by atoms with Crippen molar-refractivity contribution in [1.29, 1.82) is 0 Å². The van der Waals surface area contributed by atoms with E-state index in [-0.39, 0.29) is 11.4 Å². The maximum atomic E-state index is 14.9. The minimum absolute atomic E-state index is 0.194. The van der Waals surface area contributed by atoms with Gasteiger partial charge in [-0.25, -0.2) is 9.07 Å². The molecule has 1 unspecified atom stereocenters. The van der Waals surface area contributed by atoms with Gasteiger partial charge < -0.3 is 11.1 Å². The summed E-state index contributed by atoms with van der Waals surface area (Å²) < 4.78 is 56.1. The Labute approximate surface area is 216 Å². The van der Waals surface area contributed by atoms with Gasteiger partial charge in [-0.3, -0.25) is 9.78 Å². The van der Waals surface area contributed by atoms with E-state index in [1.54, 1.807) is 36.7 Å². The Kier molecular flexibility index (Phi) is 6.75. The summed E-state index contributed by atoms with van der Waals surface area (Å²) in [5.74, 6) is -1.13. The molecule has 1 fully saturated rings. The van der Waals surface area contributed by atoms with E-state index in [1.165, 1.54) is 24.3 Å². The summed E-state index contributed by atoms with van der Waals surface area (Å²) in [7, 11) is 0. The van der Waals surface area contributed by atoms with Crippen LogP contribution in [0.15, 0.2) is 73.1 Å². The fourth-order valence-electron chi connectivity index (χ4n) is 4.40. The van der Waals surface area contributed by atoms with E-state index < -0.39 is 34.8 Å².